The van der Waals surface area contributed by atoms with E-state index in [-0.39, 0.29) is 23.2 Å². The molecule has 1 saturated heterocycles. The van der Waals surface area contributed by atoms with Crippen LogP contribution in [-0.4, -0.2) is 34.2 Å². The molecular weight excluding hydrogens is 358 g/mol. The lowest BCUT2D eigenvalue weighted by atomic mass is 9.88. The van der Waals surface area contributed by atoms with Crippen molar-refractivity contribution in [2.45, 2.75) is 18.9 Å². The molecule has 0 radical (unpaired) electrons. The molecule has 0 saturated carbocycles. The van der Waals surface area contributed by atoms with Gasteiger partial charge in [0.25, 0.3) is 0 Å². The van der Waals surface area contributed by atoms with Crippen molar-refractivity contribution in [3.63, 3.8) is 0 Å². The fraction of sp³-hybridized carbons (Fsp3) is 0.250. The molecule has 1 aliphatic heterocycles. The van der Waals surface area contributed by atoms with Crippen LogP contribution in [0.15, 0.2) is 48.8 Å². The largest absolute Gasteiger partial charge is 0.366 e. The number of hydrogen-bond acceptors (Lipinski definition) is 5. The van der Waals surface area contributed by atoms with E-state index in [0.717, 1.165) is 5.56 Å². The molecule has 2 atom stereocenters. The van der Waals surface area contributed by atoms with Crippen molar-refractivity contribution in [2.75, 3.05) is 11.9 Å². The molecule has 1 fully saturated rings. The Labute approximate surface area is 162 Å². The summed E-state index contributed by atoms with van der Waals surface area (Å²) in [4.78, 5) is 41.9. The highest BCUT2D eigenvalue weighted by atomic mass is 16.2. The van der Waals surface area contributed by atoms with Crippen molar-refractivity contribution in [3.05, 3.63) is 59.9 Å². The summed E-state index contributed by atoms with van der Waals surface area (Å²) >= 11 is 0. The Hall–Kier alpha value is -3.73. The molecular formula is C20H19N5O3. The number of amides is 3. The van der Waals surface area contributed by atoms with Crippen LogP contribution in [0.4, 0.5) is 5.69 Å². The summed E-state index contributed by atoms with van der Waals surface area (Å²) in [5.41, 5.74) is 6.42. The third kappa shape index (κ3) is 4.15. The van der Waals surface area contributed by atoms with Crippen molar-refractivity contribution < 1.29 is 14.4 Å². The molecule has 3 amide bonds. The second-order valence-electron chi connectivity index (χ2n) is 6.56. The summed E-state index contributed by atoms with van der Waals surface area (Å²) in [5.74, 6) is -2.39. The number of primary amides is 1. The van der Waals surface area contributed by atoms with E-state index >= 15 is 0 Å². The number of rotatable bonds is 3. The van der Waals surface area contributed by atoms with E-state index in [1.54, 1.807) is 0 Å². The lowest BCUT2D eigenvalue weighted by molar-refractivity contribution is -0.146. The van der Waals surface area contributed by atoms with Gasteiger partial charge in [0, 0.05) is 12.7 Å². The van der Waals surface area contributed by atoms with Gasteiger partial charge in [0.05, 0.1) is 35.5 Å². The molecule has 2 heterocycles. The van der Waals surface area contributed by atoms with Gasteiger partial charge in [0.15, 0.2) is 0 Å². The van der Waals surface area contributed by atoms with Crippen LogP contribution in [0.3, 0.4) is 0 Å². The number of benzene rings is 1. The van der Waals surface area contributed by atoms with Crippen molar-refractivity contribution in [1.29, 1.82) is 5.26 Å². The van der Waals surface area contributed by atoms with Crippen LogP contribution in [0.2, 0.25) is 0 Å². The summed E-state index contributed by atoms with van der Waals surface area (Å²) in [6.07, 6.45) is 3.59. The summed E-state index contributed by atoms with van der Waals surface area (Å²) in [5, 5.41) is 11.7. The first-order chi connectivity index (χ1) is 13.5. The average Bonchev–Trinajstić information content (AvgIpc) is 2.73. The first-order valence-corrected chi connectivity index (χ1v) is 8.81. The molecule has 1 aliphatic rings. The van der Waals surface area contributed by atoms with Crippen LogP contribution in [0.5, 0.6) is 0 Å². The second kappa shape index (κ2) is 8.31. The molecule has 3 N–H and O–H groups in total. The topological polar surface area (TPSA) is 129 Å². The Morgan fingerprint density at radius 1 is 1.21 bits per heavy atom. The minimum absolute atomic E-state index is 0.127. The minimum Gasteiger partial charge on any atom is -0.366 e. The highest BCUT2D eigenvalue weighted by Gasteiger charge is 2.35. The first-order valence-electron chi connectivity index (χ1n) is 8.81. The van der Waals surface area contributed by atoms with E-state index in [2.05, 4.69) is 16.4 Å². The van der Waals surface area contributed by atoms with Gasteiger partial charge in [0.1, 0.15) is 0 Å². The van der Waals surface area contributed by atoms with Crippen LogP contribution in [0.1, 0.15) is 34.8 Å². The number of nitriles is 1. The summed E-state index contributed by atoms with van der Waals surface area (Å²) in [6, 6.07) is 12.6. The zero-order valence-corrected chi connectivity index (χ0v) is 15.0. The van der Waals surface area contributed by atoms with E-state index in [4.69, 9.17) is 5.73 Å². The molecule has 3 rings (SSSR count). The zero-order chi connectivity index (χ0) is 20.1. The number of pyridine rings is 1. The average molecular weight is 377 g/mol. The van der Waals surface area contributed by atoms with Crippen molar-refractivity contribution in [2.24, 2.45) is 11.7 Å². The van der Waals surface area contributed by atoms with Crippen LogP contribution in [-0.2, 0) is 9.59 Å². The molecule has 28 heavy (non-hydrogen) atoms. The van der Waals surface area contributed by atoms with Gasteiger partial charge in [-0.15, -0.1) is 0 Å². The van der Waals surface area contributed by atoms with Crippen molar-refractivity contribution in [3.8, 4) is 6.07 Å². The molecule has 2 aromatic rings. The predicted octanol–water partition coefficient (Wildman–Crippen LogP) is 1.62. The maximum atomic E-state index is 12.8. The number of nitrogens with two attached hydrogens (primary N) is 1. The molecule has 1 unspecified atom stereocenters. The number of hydrogen-bond donors (Lipinski definition) is 2. The van der Waals surface area contributed by atoms with E-state index in [1.165, 1.54) is 23.4 Å². The molecule has 0 aliphatic carbocycles. The first kappa shape index (κ1) is 19.0. The van der Waals surface area contributed by atoms with Gasteiger partial charge in [-0.05, 0) is 24.5 Å². The van der Waals surface area contributed by atoms with Crippen molar-refractivity contribution in [1.82, 2.24) is 9.88 Å². The van der Waals surface area contributed by atoms with Crippen LogP contribution < -0.4 is 11.1 Å². The lowest BCUT2D eigenvalue weighted by Gasteiger charge is -2.37. The number of nitrogens with one attached hydrogen (secondary N) is 1. The highest BCUT2D eigenvalue weighted by Crippen LogP contribution is 2.34. The van der Waals surface area contributed by atoms with Gasteiger partial charge in [0.2, 0.25) is 5.91 Å². The Bertz CT molecular complexity index is 938. The van der Waals surface area contributed by atoms with E-state index in [1.807, 2.05) is 30.3 Å². The Kier molecular flexibility index (Phi) is 5.65. The predicted molar refractivity (Wildman–Crippen MR) is 101 cm³/mol. The number of likely N-dealkylation sites (tertiary alicyclic amines) is 1. The minimum atomic E-state index is -0.834. The summed E-state index contributed by atoms with van der Waals surface area (Å²) in [7, 11) is 0. The zero-order valence-electron chi connectivity index (χ0n) is 15.0. The summed E-state index contributed by atoms with van der Waals surface area (Å²) < 4.78 is 0. The number of aromatic nitrogens is 1. The van der Waals surface area contributed by atoms with Gasteiger partial charge in [-0.3, -0.25) is 19.4 Å². The number of carbonyl (C=O) groups is 3. The quantitative estimate of drug-likeness (QED) is 0.785. The maximum Gasteiger partial charge on any atom is 0.313 e. The Morgan fingerprint density at radius 2 is 1.96 bits per heavy atom. The van der Waals surface area contributed by atoms with E-state index in [9.17, 15) is 19.6 Å². The lowest BCUT2D eigenvalue weighted by Crippen LogP contribution is -2.46. The van der Waals surface area contributed by atoms with Crippen LogP contribution in [0, 0.1) is 17.2 Å². The molecule has 8 nitrogen and oxygen atoms in total. The normalized spacial score (nSPS) is 18.8. The van der Waals surface area contributed by atoms with E-state index in [0.29, 0.717) is 19.4 Å². The third-order valence-corrected chi connectivity index (χ3v) is 4.71. The standard InChI is InChI=1S/C20H19N5O3/c21-10-13-6-7-25(17(8-13)14-4-2-1-3-5-14)20(28)19(27)24-16-9-15(18(22)26)11-23-12-16/h1-5,9,11-13,17H,6-8H2,(H2,22,26)(H,24,27)/t13-,17?/m0/s1. The van der Waals surface area contributed by atoms with Gasteiger partial charge in [-0.25, -0.2) is 0 Å². The smallest absolute Gasteiger partial charge is 0.313 e. The number of nitrogens with zero attached hydrogens (tertiary/aromatic N) is 3. The molecule has 1 aromatic carbocycles. The number of carbonyl (C=O) groups excluding carboxylic acids is 3. The maximum absolute atomic E-state index is 12.8. The molecule has 0 bridgehead atoms. The fourth-order valence-corrected chi connectivity index (χ4v) is 3.27. The SMILES string of the molecule is N#C[C@H]1CCN(C(=O)C(=O)Nc2cncc(C(N)=O)c2)C(c2ccccc2)C1. The Morgan fingerprint density at radius 3 is 2.64 bits per heavy atom. The summed E-state index contributed by atoms with van der Waals surface area (Å²) in [6.45, 7) is 0.309. The van der Waals surface area contributed by atoms with E-state index < -0.39 is 17.7 Å². The third-order valence-electron chi connectivity index (χ3n) is 4.71. The Balaban J connectivity index is 1.79. The monoisotopic (exact) mass is 377 g/mol. The molecule has 0 spiro atoms. The second-order valence-corrected chi connectivity index (χ2v) is 6.56. The van der Waals surface area contributed by atoms with Gasteiger partial charge < -0.3 is 16.0 Å². The fourth-order valence-electron chi connectivity index (χ4n) is 3.27. The number of piperidine rings is 1. The van der Waals surface area contributed by atoms with Crippen LogP contribution in [0.25, 0.3) is 0 Å². The molecule has 8 heteroatoms. The van der Waals surface area contributed by atoms with Gasteiger partial charge in [-0.2, -0.15) is 5.26 Å². The van der Waals surface area contributed by atoms with Gasteiger partial charge in [-0.1, -0.05) is 30.3 Å². The molecule has 142 valence electrons. The van der Waals surface area contributed by atoms with Gasteiger partial charge >= 0.3 is 11.8 Å². The van der Waals surface area contributed by atoms with Crippen LogP contribution >= 0.6 is 0 Å². The number of anilines is 1. The molecule has 1 aromatic heterocycles. The van der Waals surface area contributed by atoms with Crippen molar-refractivity contribution >= 4 is 23.4 Å². The highest BCUT2D eigenvalue weighted by molar-refractivity contribution is 6.39.